The third-order valence-corrected chi connectivity index (χ3v) is 3.03. The van der Waals surface area contributed by atoms with Crippen LogP contribution >= 0.6 is 0 Å². The minimum atomic E-state index is 0.195. The van der Waals surface area contributed by atoms with Crippen LogP contribution < -0.4 is 14.8 Å². The molecule has 0 heterocycles. The van der Waals surface area contributed by atoms with Gasteiger partial charge in [-0.05, 0) is 25.5 Å². The van der Waals surface area contributed by atoms with Crippen LogP contribution in [0.25, 0.3) is 0 Å². The molecule has 19 heavy (non-hydrogen) atoms. The van der Waals surface area contributed by atoms with Crippen LogP contribution in [0.1, 0.15) is 37.8 Å². The average molecular weight is 261 g/mol. The Balaban J connectivity index is 3.02. The highest BCUT2D eigenvalue weighted by atomic mass is 16.5. The monoisotopic (exact) mass is 261 g/mol. The molecule has 104 valence electrons. The van der Waals surface area contributed by atoms with Crippen molar-refractivity contribution in [2.75, 3.05) is 20.8 Å². The van der Waals surface area contributed by atoms with Crippen molar-refractivity contribution in [2.45, 2.75) is 32.2 Å². The number of rotatable bonds is 8. The maximum atomic E-state index is 5.49. The van der Waals surface area contributed by atoms with E-state index in [1.165, 1.54) is 0 Å². The Morgan fingerprint density at radius 2 is 2.11 bits per heavy atom. The zero-order chi connectivity index (χ0) is 14.1. The molecular weight excluding hydrogens is 238 g/mol. The van der Waals surface area contributed by atoms with Gasteiger partial charge in [0.05, 0.1) is 14.2 Å². The fraction of sp³-hybridized carbons (Fsp3) is 0.500. The minimum Gasteiger partial charge on any atom is -0.493 e. The van der Waals surface area contributed by atoms with E-state index in [1.807, 2.05) is 12.1 Å². The third kappa shape index (κ3) is 4.18. The van der Waals surface area contributed by atoms with E-state index in [2.05, 4.69) is 24.2 Å². The first-order chi connectivity index (χ1) is 9.28. The summed E-state index contributed by atoms with van der Waals surface area (Å²) >= 11 is 0. The molecule has 3 heteroatoms. The maximum absolute atomic E-state index is 5.49. The van der Waals surface area contributed by atoms with Crippen molar-refractivity contribution >= 4 is 0 Å². The fourth-order valence-electron chi connectivity index (χ4n) is 2.10. The van der Waals surface area contributed by atoms with Gasteiger partial charge in [0.2, 0.25) is 0 Å². The smallest absolute Gasteiger partial charge is 0.165 e. The Bertz CT molecular complexity index is 423. The zero-order valence-corrected chi connectivity index (χ0v) is 12.0. The van der Waals surface area contributed by atoms with Gasteiger partial charge in [0, 0.05) is 18.0 Å². The van der Waals surface area contributed by atoms with Crippen molar-refractivity contribution < 1.29 is 9.47 Å². The van der Waals surface area contributed by atoms with E-state index in [4.69, 9.17) is 15.9 Å². The Hall–Kier alpha value is -1.66. The second-order valence-corrected chi connectivity index (χ2v) is 4.33. The summed E-state index contributed by atoms with van der Waals surface area (Å²) < 4.78 is 10.8. The van der Waals surface area contributed by atoms with Crippen LogP contribution in [0.15, 0.2) is 18.2 Å². The van der Waals surface area contributed by atoms with Gasteiger partial charge in [0.1, 0.15) is 0 Å². The second-order valence-electron chi connectivity index (χ2n) is 4.33. The van der Waals surface area contributed by atoms with E-state index in [1.54, 1.807) is 14.2 Å². The van der Waals surface area contributed by atoms with Gasteiger partial charge in [-0.3, -0.25) is 0 Å². The first-order valence-corrected chi connectivity index (χ1v) is 6.66. The van der Waals surface area contributed by atoms with Crippen molar-refractivity contribution in [2.24, 2.45) is 0 Å². The number of benzene rings is 1. The summed E-state index contributed by atoms with van der Waals surface area (Å²) in [5.41, 5.74) is 1.10. The predicted molar refractivity (Wildman–Crippen MR) is 78.6 cm³/mol. The lowest BCUT2D eigenvalue weighted by atomic mass is 10.0. The van der Waals surface area contributed by atoms with Crippen molar-refractivity contribution in [1.29, 1.82) is 0 Å². The van der Waals surface area contributed by atoms with E-state index >= 15 is 0 Å². The molecule has 0 radical (unpaired) electrons. The largest absolute Gasteiger partial charge is 0.493 e. The molecule has 0 aliphatic rings. The minimum absolute atomic E-state index is 0.195. The SMILES string of the molecule is C#CCCC(NCCC)c1cccc(OC)c1OC. The van der Waals surface area contributed by atoms with E-state index in [9.17, 15) is 0 Å². The summed E-state index contributed by atoms with van der Waals surface area (Å²) in [4.78, 5) is 0. The molecule has 0 spiro atoms. The molecule has 1 aromatic carbocycles. The summed E-state index contributed by atoms with van der Waals surface area (Å²) in [5, 5.41) is 3.52. The van der Waals surface area contributed by atoms with Crippen LogP contribution in [-0.4, -0.2) is 20.8 Å². The highest BCUT2D eigenvalue weighted by molar-refractivity contribution is 5.48. The predicted octanol–water partition coefficient (Wildman–Crippen LogP) is 3.16. The topological polar surface area (TPSA) is 30.5 Å². The number of methoxy groups -OCH3 is 2. The third-order valence-electron chi connectivity index (χ3n) is 3.03. The van der Waals surface area contributed by atoms with Crippen LogP contribution in [0.3, 0.4) is 0 Å². The lowest BCUT2D eigenvalue weighted by molar-refractivity contribution is 0.345. The van der Waals surface area contributed by atoms with Gasteiger partial charge in [-0.25, -0.2) is 0 Å². The number of ether oxygens (including phenoxy) is 2. The summed E-state index contributed by atoms with van der Waals surface area (Å²) in [7, 11) is 3.32. The van der Waals surface area contributed by atoms with Crippen LogP contribution in [0.2, 0.25) is 0 Å². The molecule has 0 fully saturated rings. The molecule has 0 aliphatic carbocycles. The normalized spacial score (nSPS) is 11.7. The van der Waals surface area contributed by atoms with Gasteiger partial charge in [-0.15, -0.1) is 12.3 Å². The Kier molecular flexibility index (Phi) is 6.84. The first-order valence-electron chi connectivity index (χ1n) is 6.66. The average Bonchev–Trinajstić information content (AvgIpc) is 2.46. The molecule has 0 bridgehead atoms. The summed E-state index contributed by atoms with van der Waals surface area (Å²) in [6, 6.07) is 6.14. The second kappa shape index (κ2) is 8.44. The number of hydrogen-bond donors (Lipinski definition) is 1. The van der Waals surface area contributed by atoms with E-state index in [0.29, 0.717) is 0 Å². The van der Waals surface area contributed by atoms with Crippen LogP contribution in [-0.2, 0) is 0 Å². The molecule has 3 nitrogen and oxygen atoms in total. The van der Waals surface area contributed by atoms with Crippen molar-refractivity contribution in [3.63, 3.8) is 0 Å². The Labute approximate surface area is 116 Å². The van der Waals surface area contributed by atoms with Crippen LogP contribution in [0.5, 0.6) is 11.5 Å². The van der Waals surface area contributed by atoms with Gasteiger partial charge >= 0.3 is 0 Å². The Morgan fingerprint density at radius 3 is 2.68 bits per heavy atom. The number of para-hydroxylation sites is 1. The van der Waals surface area contributed by atoms with Gasteiger partial charge < -0.3 is 14.8 Å². The van der Waals surface area contributed by atoms with Crippen molar-refractivity contribution in [1.82, 2.24) is 5.32 Å². The highest BCUT2D eigenvalue weighted by Gasteiger charge is 2.17. The standard InChI is InChI=1S/C16H23NO2/c1-5-7-10-14(17-12-6-2)13-9-8-11-15(18-3)16(13)19-4/h1,8-9,11,14,17H,6-7,10,12H2,2-4H3. The lowest BCUT2D eigenvalue weighted by Gasteiger charge is -2.21. The van der Waals surface area contributed by atoms with Crippen LogP contribution in [0.4, 0.5) is 0 Å². The number of hydrogen-bond acceptors (Lipinski definition) is 3. The van der Waals surface area contributed by atoms with E-state index in [0.717, 1.165) is 42.9 Å². The Morgan fingerprint density at radius 1 is 1.32 bits per heavy atom. The molecule has 0 aliphatic heterocycles. The van der Waals surface area contributed by atoms with Crippen molar-refractivity contribution in [3.8, 4) is 23.8 Å². The summed E-state index contributed by atoms with van der Waals surface area (Å²) in [6.07, 6.45) is 8.09. The zero-order valence-electron chi connectivity index (χ0n) is 12.0. The molecule has 1 aromatic rings. The van der Waals surface area contributed by atoms with E-state index in [-0.39, 0.29) is 6.04 Å². The number of terminal acetylenes is 1. The highest BCUT2D eigenvalue weighted by Crippen LogP contribution is 2.36. The molecule has 0 saturated heterocycles. The molecule has 0 amide bonds. The summed E-state index contributed by atoms with van der Waals surface area (Å²) in [6.45, 7) is 3.10. The first kappa shape index (κ1) is 15.4. The maximum Gasteiger partial charge on any atom is 0.165 e. The molecule has 1 rings (SSSR count). The van der Waals surface area contributed by atoms with Crippen molar-refractivity contribution in [3.05, 3.63) is 23.8 Å². The van der Waals surface area contributed by atoms with Gasteiger partial charge in [-0.1, -0.05) is 19.1 Å². The molecule has 0 saturated carbocycles. The van der Waals surface area contributed by atoms with Crippen LogP contribution in [0, 0.1) is 12.3 Å². The molecule has 1 unspecified atom stereocenters. The molecule has 0 aromatic heterocycles. The molecular formula is C16H23NO2. The molecule has 1 atom stereocenters. The van der Waals surface area contributed by atoms with Gasteiger partial charge in [0.25, 0.3) is 0 Å². The summed E-state index contributed by atoms with van der Waals surface area (Å²) in [5.74, 6) is 4.24. The lowest BCUT2D eigenvalue weighted by Crippen LogP contribution is -2.22. The van der Waals surface area contributed by atoms with E-state index < -0.39 is 0 Å². The number of nitrogens with one attached hydrogen (secondary N) is 1. The fourth-order valence-corrected chi connectivity index (χ4v) is 2.10. The quantitative estimate of drug-likeness (QED) is 0.729. The van der Waals surface area contributed by atoms with Gasteiger partial charge in [0.15, 0.2) is 11.5 Å². The van der Waals surface area contributed by atoms with Gasteiger partial charge in [-0.2, -0.15) is 0 Å². The molecule has 1 N–H and O–H groups in total.